The second kappa shape index (κ2) is 6.40. The Hall–Kier alpha value is -2.01. The van der Waals surface area contributed by atoms with E-state index in [0.717, 1.165) is 27.0 Å². The van der Waals surface area contributed by atoms with Gasteiger partial charge in [-0.2, -0.15) is 0 Å². The lowest BCUT2D eigenvalue weighted by Crippen LogP contribution is -2.17. The Balaban J connectivity index is 1.69. The number of halogens is 1. The summed E-state index contributed by atoms with van der Waals surface area (Å²) in [6, 6.07) is 11.4. The Labute approximate surface area is 137 Å². The van der Waals surface area contributed by atoms with Gasteiger partial charge in [-0.15, -0.1) is 0 Å². The fraction of sp³-hybridized carbons (Fsp3) is 0.235. The van der Waals surface area contributed by atoms with Crippen molar-refractivity contribution in [1.29, 1.82) is 0 Å². The number of ether oxygens (including phenoxy) is 2. The second-order valence-corrected chi connectivity index (χ2v) is 6.04. The molecule has 0 saturated heterocycles. The predicted molar refractivity (Wildman–Crippen MR) is 88.6 cm³/mol. The minimum absolute atomic E-state index is 0.0683. The maximum absolute atomic E-state index is 12.2. The Kier molecular flexibility index (Phi) is 4.34. The van der Waals surface area contributed by atoms with Gasteiger partial charge in [0.1, 0.15) is 13.2 Å². The molecule has 0 unspecified atom stereocenters. The lowest BCUT2D eigenvalue weighted by Gasteiger charge is -2.18. The Bertz CT molecular complexity index is 715. The summed E-state index contributed by atoms with van der Waals surface area (Å²) in [5, 5.41) is 2.91. The van der Waals surface area contributed by atoms with Gasteiger partial charge in [-0.3, -0.25) is 4.79 Å². The molecule has 0 aliphatic carbocycles. The summed E-state index contributed by atoms with van der Waals surface area (Å²) in [5.74, 6) is 1.37. The second-order valence-electron chi connectivity index (χ2n) is 5.19. The smallest absolute Gasteiger partial charge is 0.228 e. The van der Waals surface area contributed by atoms with E-state index in [-0.39, 0.29) is 12.3 Å². The number of amides is 1. The van der Waals surface area contributed by atoms with E-state index in [0.29, 0.717) is 19.0 Å². The topological polar surface area (TPSA) is 47.6 Å². The highest BCUT2D eigenvalue weighted by atomic mass is 79.9. The fourth-order valence-corrected chi connectivity index (χ4v) is 2.89. The van der Waals surface area contributed by atoms with Gasteiger partial charge < -0.3 is 14.8 Å². The number of fused-ring (bicyclic) bond motifs is 1. The molecule has 0 atom stereocenters. The van der Waals surface area contributed by atoms with Crippen molar-refractivity contribution in [2.45, 2.75) is 13.3 Å². The Morgan fingerprint density at radius 1 is 1.14 bits per heavy atom. The SMILES string of the molecule is Cc1ccc(NC(=O)Cc2ccc3c(c2)OCCO3)c(Br)c1. The van der Waals surface area contributed by atoms with Crippen LogP contribution in [0.1, 0.15) is 11.1 Å². The molecule has 0 spiro atoms. The van der Waals surface area contributed by atoms with E-state index in [1.165, 1.54) is 0 Å². The quantitative estimate of drug-likeness (QED) is 0.906. The number of hydrogen-bond acceptors (Lipinski definition) is 3. The number of carbonyl (C=O) groups excluding carboxylic acids is 1. The normalized spacial score (nSPS) is 12.8. The van der Waals surface area contributed by atoms with Crippen molar-refractivity contribution in [3.63, 3.8) is 0 Å². The van der Waals surface area contributed by atoms with Crippen LogP contribution in [0.4, 0.5) is 5.69 Å². The van der Waals surface area contributed by atoms with Crippen LogP contribution in [0.5, 0.6) is 11.5 Å². The first-order chi connectivity index (χ1) is 10.6. The zero-order chi connectivity index (χ0) is 15.5. The summed E-state index contributed by atoms with van der Waals surface area (Å²) in [7, 11) is 0. The third-order valence-corrected chi connectivity index (χ3v) is 4.03. The average molecular weight is 362 g/mol. The molecule has 0 radical (unpaired) electrons. The molecule has 1 N–H and O–H groups in total. The van der Waals surface area contributed by atoms with Crippen molar-refractivity contribution in [2.24, 2.45) is 0 Å². The molecule has 1 amide bonds. The molecular formula is C17H16BrNO3. The number of aryl methyl sites for hydroxylation is 1. The molecule has 114 valence electrons. The van der Waals surface area contributed by atoms with E-state index in [4.69, 9.17) is 9.47 Å². The maximum Gasteiger partial charge on any atom is 0.228 e. The molecule has 2 aromatic carbocycles. The standard InChI is InChI=1S/C17H16BrNO3/c1-11-2-4-14(13(18)8-11)19-17(20)10-12-3-5-15-16(9-12)22-7-6-21-15/h2-5,8-9H,6-7,10H2,1H3,(H,19,20). The van der Waals surface area contributed by atoms with Crippen LogP contribution in [-0.2, 0) is 11.2 Å². The minimum atomic E-state index is -0.0683. The van der Waals surface area contributed by atoms with Crippen molar-refractivity contribution in [3.05, 3.63) is 52.0 Å². The molecule has 22 heavy (non-hydrogen) atoms. The predicted octanol–water partition coefficient (Wildman–Crippen LogP) is 3.71. The minimum Gasteiger partial charge on any atom is -0.486 e. The molecule has 3 rings (SSSR count). The van der Waals surface area contributed by atoms with Gasteiger partial charge in [0.15, 0.2) is 11.5 Å². The molecule has 5 heteroatoms. The lowest BCUT2D eigenvalue weighted by molar-refractivity contribution is -0.115. The molecule has 4 nitrogen and oxygen atoms in total. The first-order valence-corrected chi connectivity index (χ1v) is 7.85. The van der Waals surface area contributed by atoms with Crippen molar-refractivity contribution in [1.82, 2.24) is 0 Å². The number of hydrogen-bond donors (Lipinski definition) is 1. The van der Waals surface area contributed by atoms with Gasteiger partial charge in [-0.1, -0.05) is 12.1 Å². The first-order valence-electron chi connectivity index (χ1n) is 7.06. The zero-order valence-electron chi connectivity index (χ0n) is 12.2. The number of rotatable bonds is 3. The highest BCUT2D eigenvalue weighted by molar-refractivity contribution is 9.10. The number of anilines is 1. The van der Waals surface area contributed by atoms with Gasteiger partial charge in [0.05, 0.1) is 12.1 Å². The molecule has 2 aromatic rings. The van der Waals surface area contributed by atoms with Crippen LogP contribution >= 0.6 is 15.9 Å². The van der Waals surface area contributed by atoms with Crippen LogP contribution in [0, 0.1) is 6.92 Å². The van der Waals surface area contributed by atoms with E-state index >= 15 is 0 Å². The highest BCUT2D eigenvalue weighted by Crippen LogP contribution is 2.31. The summed E-state index contributed by atoms with van der Waals surface area (Å²) >= 11 is 3.46. The Morgan fingerprint density at radius 3 is 2.68 bits per heavy atom. The number of benzene rings is 2. The molecule has 1 aliphatic rings. The van der Waals surface area contributed by atoms with Crippen molar-refractivity contribution in [3.8, 4) is 11.5 Å². The molecule has 0 fully saturated rings. The van der Waals surface area contributed by atoms with E-state index in [1.54, 1.807) is 0 Å². The summed E-state index contributed by atoms with van der Waals surface area (Å²) in [5.41, 5.74) is 2.80. The van der Waals surface area contributed by atoms with Crippen LogP contribution < -0.4 is 14.8 Å². The molecule has 0 aromatic heterocycles. The molecule has 0 saturated carbocycles. The molecular weight excluding hydrogens is 346 g/mol. The zero-order valence-corrected chi connectivity index (χ0v) is 13.8. The van der Waals surface area contributed by atoms with Crippen LogP contribution in [0.15, 0.2) is 40.9 Å². The van der Waals surface area contributed by atoms with E-state index in [9.17, 15) is 4.79 Å². The number of nitrogens with one attached hydrogen (secondary N) is 1. The van der Waals surface area contributed by atoms with Gasteiger partial charge in [-0.25, -0.2) is 0 Å². The third-order valence-electron chi connectivity index (χ3n) is 3.37. The van der Waals surface area contributed by atoms with Crippen molar-refractivity contribution >= 4 is 27.5 Å². The van der Waals surface area contributed by atoms with Crippen molar-refractivity contribution < 1.29 is 14.3 Å². The van der Waals surface area contributed by atoms with Crippen LogP contribution in [0.3, 0.4) is 0 Å². The van der Waals surface area contributed by atoms with Gasteiger partial charge in [0.25, 0.3) is 0 Å². The Morgan fingerprint density at radius 2 is 1.91 bits per heavy atom. The number of carbonyl (C=O) groups is 1. The van der Waals surface area contributed by atoms with E-state index < -0.39 is 0 Å². The first kappa shape index (κ1) is 14.9. The van der Waals surface area contributed by atoms with Crippen LogP contribution in [-0.4, -0.2) is 19.1 Å². The largest absolute Gasteiger partial charge is 0.486 e. The van der Waals surface area contributed by atoms with E-state index in [2.05, 4.69) is 21.2 Å². The average Bonchev–Trinajstić information content (AvgIpc) is 2.50. The summed E-state index contributed by atoms with van der Waals surface area (Å²) < 4.78 is 11.9. The molecule has 0 bridgehead atoms. The maximum atomic E-state index is 12.2. The summed E-state index contributed by atoms with van der Waals surface area (Å²) in [6.07, 6.45) is 0.289. The van der Waals surface area contributed by atoms with E-state index in [1.807, 2.05) is 43.3 Å². The monoisotopic (exact) mass is 361 g/mol. The fourth-order valence-electron chi connectivity index (χ4n) is 2.30. The van der Waals surface area contributed by atoms with Crippen LogP contribution in [0.25, 0.3) is 0 Å². The summed E-state index contributed by atoms with van der Waals surface area (Å²) in [6.45, 7) is 3.11. The third kappa shape index (κ3) is 3.42. The van der Waals surface area contributed by atoms with Gasteiger partial charge in [0, 0.05) is 4.47 Å². The lowest BCUT2D eigenvalue weighted by atomic mass is 10.1. The van der Waals surface area contributed by atoms with Crippen LogP contribution in [0.2, 0.25) is 0 Å². The van der Waals surface area contributed by atoms with Gasteiger partial charge >= 0.3 is 0 Å². The highest BCUT2D eigenvalue weighted by Gasteiger charge is 2.13. The molecule has 1 aliphatic heterocycles. The van der Waals surface area contributed by atoms with Crippen molar-refractivity contribution in [2.75, 3.05) is 18.5 Å². The van der Waals surface area contributed by atoms with Gasteiger partial charge in [-0.05, 0) is 58.2 Å². The van der Waals surface area contributed by atoms with Gasteiger partial charge in [0.2, 0.25) is 5.91 Å². The molecule has 1 heterocycles. The summed E-state index contributed by atoms with van der Waals surface area (Å²) in [4.78, 5) is 12.2.